The number of methoxy groups -OCH3 is 1. The van der Waals surface area contributed by atoms with E-state index >= 15 is 0 Å². The van der Waals surface area contributed by atoms with Gasteiger partial charge in [0.2, 0.25) is 5.91 Å². The number of rotatable bonds is 6. The summed E-state index contributed by atoms with van der Waals surface area (Å²) in [5.41, 5.74) is 1.42. The van der Waals surface area contributed by atoms with Crippen LogP contribution in [0.5, 0.6) is 0 Å². The molecule has 0 bridgehead atoms. The molecule has 26 heavy (non-hydrogen) atoms. The minimum atomic E-state index is -0.439. The highest BCUT2D eigenvalue weighted by atomic mass is 35.5. The van der Waals surface area contributed by atoms with Gasteiger partial charge >= 0.3 is 0 Å². The quantitative estimate of drug-likeness (QED) is 0.749. The summed E-state index contributed by atoms with van der Waals surface area (Å²) in [6, 6.07) is 7.93. The molecule has 0 radical (unpaired) electrons. The number of piperidine rings is 1. The van der Waals surface area contributed by atoms with Crippen LogP contribution >= 0.6 is 35.5 Å². The number of nitrogens with zero attached hydrogens (tertiary/aromatic N) is 1. The van der Waals surface area contributed by atoms with Gasteiger partial charge in [-0.15, -0.1) is 23.7 Å². The maximum absolute atomic E-state index is 12.8. The van der Waals surface area contributed by atoms with Crippen molar-refractivity contribution in [3.63, 3.8) is 0 Å². The van der Waals surface area contributed by atoms with E-state index in [1.165, 1.54) is 0 Å². The lowest BCUT2D eigenvalue weighted by Crippen LogP contribution is -2.47. The van der Waals surface area contributed by atoms with Crippen LogP contribution in [0, 0.1) is 12.3 Å². The highest BCUT2D eigenvalue weighted by Crippen LogP contribution is 2.33. The number of aromatic nitrogens is 1. The minimum Gasteiger partial charge on any atom is -0.384 e. The van der Waals surface area contributed by atoms with Gasteiger partial charge in [0.15, 0.2) is 4.34 Å². The summed E-state index contributed by atoms with van der Waals surface area (Å²) in [5, 5.41) is 8.42. The van der Waals surface area contributed by atoms with E-state index in [2.05, 4.69) is 15.6 Å². The van der Waals surface area contributed by atoms with Gasteiger partial charge in [-0.1, -0.05) is 11.8 Å². The molecule has 1 saturated heterocycles. The average Bonchev–Trinajstić information content (AvgIpc) is 3.02. The van der Waals surface area contributed by atoms with Crippen LogP contribution < -0.4 is 10.6 Å². The maximum Gasteiger partial charge on any atom is 0.233 e. The van der Waals surface area contributed by atoms with E-state index in [0.717, 1.165) is 46.5 Å². The van der Waals surface area contributed by atoms with Gasteiger partial charge in [-0.05, 0) is 57.1 Å². The topological polar surface area (TPSA) is 63.2 Å². The molecule has 2 N–H and O–H groups in total. The summed E-state index contributed by atoms with van der Waals surface area (Å²) in [7, 11) is 1.66. The highest BCUT2D eigenvalue weighted by molar-refractivity contribution is 8.01. The SMILES string of the molecule is COCC1(C(=O)Nc2ccc(Sc3nc(C)cs3)cc2)CCNCC1.Cl. The monoisotopic (exact) mass is 413 g/mol. The Morgan fingerprint density at radius 3 is 2.62 bits per heavy atom. The van der Waals surface area contributed by atoms with Crippen LogP contribution in [0.15, 0.2) is 38.9 Å². The first-order chi connectivity index (χ1) is 12.1. The predicted octanol–water partition coefficient (Wildman–Crippen LogP) is 3.98. The lowest BCUT2D eigenvalue weighted by atomic mass is 9.78. The first-order valence-corrected chi connectivity index (χ1v) is 10.0. The molecule has 2 heterocycles. The Hall–Kier alpha value is -1.12. The summed E-state index contributed by atoms with van der Waals surface area (Å²) in [5.74, 6) is 0.0480. The number of anilines is 1. The molecule has 142 valence electrons. The van der Waals surface area contributed by atoms with Gasteiger partial charge in [0.05, 0.1) is 12.0 Å². The van der Waals surface area contributed by atoms with Crippen molar-refractivity contribution in [2.75, 3.05) is 32.1 Å². The van der Waals surface area contributed by atoms with Crippen molar-refractivity contribution in [1.82, 2.24) is 10.3 Å². The highest BCUT2D eigenvalue weighted by Gasteiger charge is 2.39. The van der Waals surface area contributed by atoms with Gasteiger partial charge in [0, 0.05) is 28.8 Å². The van der Waals surface area contributed by atoms with Crippen LogP contribution in [0.1, 0.15) is 18.5 Å². The third-order valence-electron chi connectivity index (χ3n) is 4.38. The second-order valence-corrected chi connectivity index (χ2v) is 8.48. The van der Waals surface area contributed by atoms with E-state index < -0.39 is 5.41 Å². The number of hydrogen-bond donors (Lipinski definition) is 2. The number of carbonyl (C=O) groups excluding carboxylic acids is 1. The van der Waals surface area contributed by atoms with E-state index in [9.17, 15) is 4.79 Å². The van der Waals surface area contributed by atoms with Gasteiger partial charge in [-0.2, -0.15) is 0 Å². The first kappa shape index (κ1) is 21.2. The zero-order chi connectivity index (χ0) is 17.7. The van der Waals surface area contributed by atoms with E-state index in [4.69, 9.17) is 4.74 Å². The molecule has 0 unspecified atom stereocenters. The molecule has 1 aromatic heterocycles. The van der Waals surface area contributed by atoms with Crippen molar-refractivity contribution >= 4 is 47.1 Å². The molecule has 1 aliphatic heterocycles. The number of nitrogens with one attached hydrogen (secondary N) is 2. The number of aryl methyl sites for hydroxylation is 1. The minimum absolute atomic E-state index is 0. The average molecular weight is 414 g/mol. The Kier molecular flexibility index (Phi) is 7.91. The van der Waals surface area contributed by atoms with Gasteiger partial charge in [-0.3, -0.25) is 4.79 Å². The van der Waals surface area contributed by atoms with E-state index in [1.807, 2.05) is 36.6 Å². The number of hydrogen-bond acceptors (Lipinski definition) is 6. The van der Waals surface area contributed by atoms with Crippen LogP contribution in [0.25, 0.3) is 0 Å². The Balaban J connectivity index is 0.00000243. The van der Waals surface area contributed by atoms with Crippen LogP contribution in [0.2, 0.25) is 0 Å². The van der Waals surface area contributed by atoms with Crippen molar-refractivity contribution in [3.05, 3.63) is 35.3 Å². The van der Waals surface area contributed by atoms with E-state index in [0.29, 0.717) is 6.61 Å². The third kappa shape index (κ3) is 5.20. The molecule has 8 heteroatoms. The van der Waals surface area contributed by atoms with Crippen molar-refractivity contribution in [3.8, 4) is 0 Å². The molecular weight excluding hydrogens is 390 g/mol. The van der Waals surface area contributed by atoms with Gasteiger partial charge in [0.1, 0.15) is 0 Å². The number of carbonyl (C=O) groups is 1. The second-order valence-electron chi connectivity index (χ2n) is 6.30. The third-order valence-corrected chi connectivity index (χ3v) is 6.44. The van der Waals surface area contributed by atoms with Gasteiger partial charge in [0.25, 0.3) is 0 Å². The van der Waals surface area contributed by atoms with E-state index in [1.54, 1.807) is 30.2 Å². The van der Waals surface area contributed by atoms with Crippen LogP contribution in [-0.4, -0.2) is 37.7 Å². The molecule has 2 aromatic rings. The summed E-state index contributed by atoms with van der Waals surface area (Å²) in [6.07, 6.45) is 1.59. The predicted molar refractivity (Wildman–Crippen MR) is 110 cm³/mol. The molecule has 5 nitrogen and oxygen atoms in total. The Labute approximate surface area is 168 Å². The molecule has 0 spiro atoms. The molecule has 3 rings (SSSR count). The zero-order valence-electron chi connectivity index (χ0n) is 14.9. The molecule has 1 aromatic carbocycles. The van der Waals surface area contributed by atoms with E-state index in [-0.39, 0.29) is 18.3 Å². The summed E-state index contributed by atoms with van der Waals surface area (Å²) >= 11 is 3.28. The fourth-order valence-corrected chi connectivity index (χ4v) is 4.78. The molecule has 1 fully saturated rings. The van der Waals surface area contributed by atoms with Crippen molar-refractivity contribution in [1.29, 1.82) is 0 Å². The fourth-order valence-electron chi connectivity index (χ4n) is 2.97. The Morgan fingerprint density at radius 1 is 1.35 bits per heavy atom. The van der Waals surface area contributed by atoms with Crippen LogP contribution in [0.3, 0.4) is 0 Å². The summed E-state index contributed by atoms with van der Waals surface area (Å²) < 4.78 is 6.36. The van der Waals surface area contributed by atoms with Crippen molar-refractivity contribution in [2.24, 2.45) is 5.41 Å². The van der Waals surface area contributed by atoms with Gasteiger partial charge in [-0.25, -0.2) is 4.98 Å². The molecule has 0 atom stereocenters. The van der Waals surface area contributed by atoms with Crippen molar-refractivity contribution < 1.29 is 9.53 Å². The largest absolute Gasteiger partial charge is 0.384 e. The smallest absolute Gasteiger partial charge is 0.233 e. The molecule has 1 amide bonds. The summed E-state index contributed by atoms with van der Waals surface area (Å²) in [4.78, 5) is 18.4. The zero-order valence-corrected chi connectivity index (χ0v) is 17.4. The fraction of sp³-hybridized carbons (Fsp3) is 0.444. The molecular formula is C18H24ClN3O2S2. The Bertz CT molecular complexity index is 710. The molecule has 0 saturated carbocycles. The normalized spacial score (nSPS) is 15.9. The number of ether oxygens (including phenoxy) is 1. The van der Waals surface area contributed by atoms with Gasteiger partial charge < -0.3 is 15.4 Å². The number of benzene rings is 1. The molecule has 1 aliphatic rings. The standard InChI is InChI=1S/C18H23N3O2S2.ClH/c1-13-11-24-17(20-13)25-15-5-3-14(4-6-15)21-16(22)18(12-23-2)7-9-19-10-8-18;/h3-6,11,19H,7-10,12H2,1-2H3,(H,21,22);1H. The lowest BCUT2D eigenvalue weighted by Gasteiger charge is -2.35. The number of amides is 1. The number of halogens is 1. The summed E-state index contributed by atoms with van der Waals surface area (Å²) in [6.45, 7) is 4.15. The lowest BCUT2D eigenvalue weighted by molar-refractivity contribution is -0.130. The first-order valence-electron chi connectivity index (χ1n) is 8.32. The number of thiazole rings is 1. The Morgan fingerprint density at radius 2 is 2.04 bits per heavy atom. The molecule has 0 aliphatic carbocycles. The van der Waals surface area contributed by atoms with Crippen LogP contribution in [0.4, 0.5) is 5.69 Å². The van der Waals surface area contributed by atoms with Crippen LogP contribution in [-0.2, 0) is 9.53 Å². The van der Waals surface area contributed by atoms with Crippen molar-refractivity contribution in [2.45, 2.75) is 29.0 Å². The second kappa shape index (κ2) is 9.71. The maximum atomic E-state index is 12.8.